The second-order valence-corrected chi connectivity index (χ2v) is 6.23. The van der Waals surface area contributed by atoms with Gasteiger partial charge in [0.1, 0.15) is 11.6 Å². The Balaban J connectivity index is 1.95. The van der Waals surface area contributed by atoms with Crippen molar-refractivity contribution in [2.24, 2.45) is 0 Å². The summed E-state index contributed by atoms with van der Waals surface area (Å²) >= 11 is 3.46. The molecule has 0 aromatic carbocycles. The number of nitrogens with zero attached hydrogens (tertiary/aromatic N) is 5. The molecule has 3 N–H and O–H groups in total. The number of pyridine rings is 1. The van der Waals surface area contributed by atoms with Gasteiger partial charge in [-0.1, -0.05) is 6.07 Å². The van der Waals surface area contributed by atoms with Crippen LogP contribution in [-0.4, -0.2) is 56.1 Å². The van der Waals surface area contributed by atoms with E-state index in [0.717, 1.165) is 15.9 Å². The van der Waals surface area contributed by atoms with Crippen molar-refractivity contribution in [3.05, 3.63) is 46.8 Å². The van der Waals surface area contributed by atoms with Crippen LogP contribution < -0.4 is 10.2 Å². The number of nitrogens with one attached hydrogen (secondary N) is 1. The smallest absolute Gasteiger partial charge is 0.173 e. The monoisotopic (exact) mass is 406 g/mol. The number of aliphatic hydroxyl groups is 2. The molecule has 0 atom stereocenters. The van der Waals surface area contributed by atoms with E-state index in [2.05, 4.69) is 36.3 Å². The first-order chi connectivity index (χ1) is 12.2. The molecule has 8 nitrogen and oxygen atoms in total. The molecule has 25 heavy (non-hydrogen) atoms. The third-order valence-corrected chi connectivity index (χ3v) is 4.23. The van der Waals surface area contributed by atoms with E-state index in [9.17, 15) is 10.2 Å². The Morgan fingerprint density at radius 3 is 2.68 bits per heavy atom. The zero-order valence-corrected chi connectivity index (χ0v) is 15.1. The average Bonchev–Trinajstić information content (AvgIpc) is 3.01. The number of hydrogen-bond donors (Lipinski definition) is 3. The van der Waals surface area contributed by atoms with Crippen molar-refractivity contribution in [1.29, 1.82) is 0 Å². The van der Waals surface area contributed by atoms with Crippen LogP contribution in [0, 0.1) is 0 Å². The van der Waals surface area contributed by atoms with Gasteiger partial charge in [0.15, 0.2) is 5.65 Å². The van der Waals surface area contributed by atoms with Gasteiger partial charge in [-0.25, -0.2) is 4.98 Å². The highest BCUT2D eigenvalue weighted by molar-refractivity contribution is 9.10. The minimum Gasteiger partial charge on any atom is -0.395 e. The largest absolute Gasteiger partial charge is 0.395 e. The molecule has 3 rings (SSSR count). The van der Waals surface area contributed by atoms with Crippen LogP contribution in [0.3, 0.4) is 0 Å². The lowest BCUT2D eigenvalue weighted by Crippen LogP contribution is -2.30. The summed E-state index contributed by atoms with van der Waals surface area (Å²) in [7, 11) is 0. The molecule has 0 amide bonds. The first-order valence-electron chi connectivity index (χ1n) is 7.86. The van der Waals surface area contributed by atoms with Crippen LogP contribution in [0.25, 0.3) is 5.65 Å². The molecule has 0 spiro atoms. The van der Waals surface area contributed by atoms with Crippen molar-refractivity contribution in [3.63, 3.8) is 0 Å². The fourth-order valence-corrected chi connectivity index (χ4v) is 2.84. The van der Waals surface area contributed by atoms with Crippen LogP contribution in [-0.2, 0) is 6.54 Å². The van der Waals surface area contributed by atoms with E-state index in [-0.39, 0.29) is 13.2 Å². The van der Waals surface area contributed by atoms with Crippen LogP contribution in [0.4, 0.5) is 11.6 Å². The normalized spacial score (nSPS) is 11.0. The van der Waals surface area contributed by atoms with Crippen molar-refractivity contribution >= 4 is 33.2 Å². The lowest BCUT2D eigenvalue weighted by atomic mass is 10.3. The van der Waals surface area contributed by atoms with Crippen molar-refractivity contribution in [1.82, 2.24) is 19.6 Å². The Hall–Kier alpha value is -2.23. The Kier molecular flexibility index (Phi) is 5.79. The zero-order valence-electron chi connectivity index (χ0n) is 13.5. The second kappa shape index (κ2) is 8.24. The molecule has 0 aliphatic carbocycles. The molecule has 3 heterocycles. The standard InChI is InChI=1S/C16H19BrN6O2/c17-13-11-20-23-14(19-10-12-2-1-3-18-9-12)8-15(21-16(13)23)22(4-6-24)5-7-25/h1-3,8-9,11,19,24-25H,4-7,10H2. The number of fused-ring (bicyclic) bond motifs is 1. The molecule has 0 radical (unpaired) electrons. The van der Waals surface area contributed by atoms with E-state index in [1.54, 1.807) is 23.1 Å². The molecule has 3 aromatic rings. The molecular formula is C16H19BrN6O2. The predicted molar refractivity (Wildman–Crippen MR) is 98.6 cm³/mol. The van der Waals surface area contributed by atoms with Gasteiger partial charge in [-0.05, 0) is 27.6 Å². The molecule has 0 unspecified atom stereocenters. The molecule has 0 fully saturated rings. The van der Waals surface area contributed by atoms with E-state index in [4.69, 9.17) is 0 Å². The van der Waals surface area contributed by atoms with Gasteiger partial charge < -0.3 is 20.4 Å². The number of hydrogen-bond acceptors (Lipinski definition) is 7. The summed E-state index contributed by atoms with van der Waals surface area (Å²) in [6.07, 6.45) is 5.22. The lowest BCUT2D eigenvalue weighted by Gasteiger charge is -2.22. The summed E-state index contributed by atoms with van der Waals surface area (Å²) in [4.78, 5) is 10.5. The maximum Gasteiger partial charge on any atom is 0.173 e. The molecule has 9 heteroatoms. The van der Waals surface area contributed by atoms with Gasteiger partial charge in [-0.15, -0.1) is 0 Å². The number of rotatable bonds is 8. The number of anilines is 2. The van der Waals surface area contributed by atoms with E-state index >= 15 is 0 Å². The maximum absolute atomic E-state index is 9.27. The topological polar surface area (TPSA) is 98.8 Å². The van der Waals surface area contributed by atoms with E-state index in [1.165, 1.54) is 0 Å². The second-order valence-electron chi connectivity index (χ2n) is 5.38. The van der Waals surface area contributed by atoms with Crippen molar-refractivity contribution in [2.45, 2.75) is 6.54 Å². The average molecular weight is 407 g/mol. The number of aromatic nitrogens is 4. The summed E-state index contributed by atoms with van der Waals surface area (Å²) in [6.45, 7) is 1.32. The van der Waals surface area contributed by atoms with Crippen LogP contribution >= 0.6 is 15.9 Å². The van der Waals surface area contributed by atoms with Crippen molar-refractivity contribution < 1.29 is 10.2 Å². The number of halogens is 1. The Morgan fingerprint density at radius 1 is 1.20 bits per heavy atom. The molecule has 0 bridgehead atoms. The Bertz CT molecular complexity index is 820. The van der Waals surface area contributed by atoms with Gasteiger partial charge >= 0.3 is 0 Å². The van der Waals surface area contributed by atoms with Crippen molar-refractivity contribution in [3.8, 4) is 0 Å². The van der Waals surface area contributed by atoms with Crippen LogP contribution in [0.15, 0.2) is 41.3 Å². The Labute approximate surface area is 153 Å². The van der Waals surface area contributed by atoms with Crippen LogP contribution in [0.1, 0.15) is 5.56 Å². The molecule has 0 saturated carbocycles. The lowest BCUT2D eigenvalue weighted by molar-refractivity contribution is 0.280. The van der Waals surface area contributed by atoms with Crippen molar-refractivity contribution in [2.75, 3.05) is 36.5 Å². The maximum atomic E-state index is 9.27. The third kappa shape index (κ3) is 4.06. The highest BCUT2D eigenvalue weighted by atomic mass is 79.9. The van der Waals surface area contributed by atoms with Gasteiger partial charge in [0, 0.05) is 38.1 Å². The van der Waals surface area contributed by atoms with Gasteiger partial charge in [0.05, 0.1) is 23.9 Å². The minimum absolute atomic E-state index is 0.0221. The SMILES string of the molecule is OCCN(CCO)c1cc(NCc2cccnc2)n2ncc(Br)c2n1. The van der Waals surface area contributed by atoms with E-state index in [1.807, 2.05) is 23.1 Å². The predicted octanol–water partition coefficient (Wildman–Crippen LogP) is 1.29. The first-order valence-corrected chi connectivity index (χ1v) is 8.66. The molecular weight excluding hydrogens is 388 g/mol. The Morgan fingerprint density at radius 2 is 2.00 bits per heavy atom. The fraction of sp³-hybridized carbons (Fsp3) is 0.312. The molecule has 3 aromatic heterocycles. The molecule has 132 valence electrons. The summed E-state index contributed by atoms with van der Waals surface area (Å²) in [5.41, 5.74) is 1.70. The van der Waals surface area contributed by atoms with Gasteiger partial charge in [-0.2, -0.15) is 9.61 Å². The van der Waals surface area contributed by atoms with E-state index in [0.29, 0.717) is 31.1 Å². The minimum atomic E-state index is -0.0221. The highest BCUT2D eigenvalue weighted by Crippen LogP contribution is 2.24. The molecule has 0 saturated heterocycles. The van der Waals surface area contributed by atoms with Gasteiger partial charge in [0.2, 0.25) is 0 Å². The van der Waals surface area contributed by atoms with Gasteiger partial charge in [-0.3, -0.25) is 4.98 Å². The molecule has 0 aliphatic heterocycles. The molecule has 0 aliphatic rings. The highest BCUT2D eigenvalue weighted by Gasteiger charge is 2.14. The number of aliphatic hydroxyl groups excluding tert-OH is 2. The fourth-order valence-electron chi connectivity index (χ4n) is 2.49. The first kappa shape index (κ1) is 17.6. The van der Waals surface area contributed by atoms with Gasteiger partial charge in [0.25, 0.3) is 0 Å². The van der Waals surface area contributed by atoms with Crippen LogP contribution in [0.5, 0.6) is 0 Å². The van der Waals surface area contributed by atoms with Crippen LogP contribution in [0.2, 0.25) is 0 Å². The summed E-state index contributed by atoms with van der Waals surface area (Å²) in [5.74, 6) is 1.42. The summed E-state index contributed by atoms with van der Waals surface area (Å²) in [5, 5.41) is 26.2. The third-order valence-electron chi connectivity index (χ3n) is 3.68. The summed E-state index contributed by atoms with van der Waals surface area (Å²) in [6, 6.07) is 5.73. The quantitative estimate of drug-likeness (QED) is 0.518. The van der Waals surface area contributed by atoms with E-state index < -0.39 is 0 Å². The summed E-state index contributed by atoms with van der Waals surface area (Å²) < 4.78 is 2.48. The zero-order chi connectivity index (χ0) is 17.6.